The lowest BCUT2D eigenvalue weighted by atomic mass is 9.84. The molecule has 3 aromatic rings. The Hall–Kier alpha value is -3.10. The summed E-state index contributed by atoms with van der Waals surface area (Å²) in [5.74, 6) is 1.36. The molecule has 1 aliphatic carbocycles. The summed E-state index contributed by atoms with van der Waals surface area (Å²) in [4.78, 5) is 23.0. The molecular formula is C23H25F2N5O2. The minimum Gasteiger partial charge on any atom is -0.496 e. The Morgan fingerprint density at radius 3 is 2.75 bits per heavy atom. The summed E-state index contributed by atoms with van der Waals surface area (Å²) >= 11 is 0. The van der Waals surface area contributed by atoms with Crippen LogP contribution >= 0.6 is 0 Å². The Morgan fingerprint density at radius 1 is 1.22 bits per heavy atom. The third-order valence-corrected chi connectivity index (χ3v) is 6.65. The van der Waals surface area contributed by atoms with Gasteiger partial charge in [0.25, 0.3) is 18.1 Å². The number of nitrogens with zero attached hydrogens (tertiary/aromatic N) is 5. The van der Waals surface area contributed by atoms with Crippen molar-refractivity contribution in [1.29, 1.82) is 0 Å². The van der Waals surface area contributed by atoms with Gasteiger partial charge in [-0.3, -0.25) is 4.79 Å². The number of methoxy groups -OCH3 is 1. The van der Waals surface area contributed by atoms with Crippen molar-refractivity contribution in [1.82, 2.24) is 24.5 Å². The van der Waals surface area contributed by atoms with Gasteiger partial charge in [-0.25, -0.2) is 18.3 Å². The quantitative estimate of drug-likeness (QED) is 0.593. The number of hydrogen-bond acceptors (Lipinski definition) is 5. The first kappa shape index (κ1) is 20.8. The molecule has 0 N–H and O–H groups in total. The molecule has 1 aromatic carbocycles. The first-order chi connectivity index (χ1) is 15.5. The average Bonchev–Trinajstić information content (AvgIpc) is 3.54. The maximum atomic E-state index is 13.4. The standard InChI is InChI=1S/C23H25F2N5O2/c1-13-7-8-29(22(31)15-5-6-16(14-3-4-14)20(9-15)32-2)11-17(13)19-10-18(21(24)25)28-23-26-12-27-30(19)23/h5-6,9-10,12-14,17,21H,3-4,7-8,11H2,1-2H3/t13-,17+/m0/s1. The van der Waals surface area contributed by atoms with Crippen LogP contribution in [0.15, 0.2) is 30.6 Å². The van der Waals surface area contributed by atoms with Crippen LogP contribution in [0.4, 0.5) is 8.78 Å². The van der Waals surface area contributed by atoms with Crippen LogP contribution in [-0.2, 0) is 0 Å². The number of alkyl halides is 2. The monoisotopic (exact) mass is 441 g/mol. The van der Waals surface area contributed by atoms with E-state index in [1.165, 1.54) is 16.9 Å². The lowest BCUT2D eigenvalue weighted by Crippen LogP contribution is -2.42. The van der Waals surface area contributed by atoms with Gasteiger partial charge in [-0.2, -0.15) is 10.1 Å². The second kappa shape index (κ2) is 8.11. The third kappa shape index (κ3) is 3.69. The zero-order valence-corrected chi connectivity index (χ0v) is 18.0. The summed E-state index contributed by atoms with van der Waals surface area (Å²) in [7, 11) is 1.63. The molecule has 32 heavy (non-hydrogen) atoms. The number of amides is 1. The topological polar surface area (TPSA) is 72.6 Å². The number of aromatic nitrogens is 4. The van der Waals surface area contributed by atoms with Crippen molar-refractivity contribution >= 4 is 11.7 Å². The Balaban J connectivity index is 1.44. The normalized spacial score (nSPS) is 21.3. The van der Waals surface area contributed by atoms with Gasteiger partial charge in [-0.15, -0.1) is 0 Å². The van der Waals surface area contributed by atoms with E-state index in [-0.39, 0.29) is 29.2 Å². The molecule has 9 heteroatoms. The van der Waals surface area contributed by atoms with Gasteiger partial charge in [0.1, 0.15) is 17.8 Å². The minimum atomic E-state index is -2.70. The Morgan fingerprint density at radius 2 is 2.03 bits per heavy atom. The van der Waals surface area contributed by atoms with E-state index in [4.69, 9.17) is 4.74 Å². The first-order valence-electron chi connectivity index (χ1n) is 10.9. The number of likely N-dealkylation sites (tertiary alicyclic amines) is 1. The van der Waals surface area contributed by atoms with Crippen LogP contribution in [0.2, 0.25) is 0 Å². The van der Waals surface area contributed by atoms with E-state index in [1.54, 1.807) is 12.0 Å². The van der Waals surface area contributed by atoms with E-state index in [2.05, 4.69) is 22.0 Å². The van der Waals surface area contributed by atoms with Crippen molar-refractivity contribution < 1.29 is 18.3 Å². The van der Waals surface area contributed by atoms with Crippen LogP contribution in [-0.4, -0.2) is 50.6 Å². The van der Waals surface area contributed by atoms with E-state index in [0.717, 1.165) is 30.6 Å². The summed E-state index contributed by atoms with van der Waals surface area (Å²) in [5.41, 5.74) is 2.01. The summed E-state index contributed by atoms with van der Waals surface area (Å²) in [6, 6.07) is 7.07. The second-order valence-corrected chi connectivity index (χ2v) is 8.73. The van der Waals surface area contributed by atoms with E-state index >= 15 is 0 Å². The van der Waals surface area contributed by atoms with Crippen molar-refractivity contribution in [3.63, 3.8) is 0 Å². The van der Waals surface area contributed by atoms with Crippen LogP contribution in [0, 0.1) is 5.92 Å². The molecule has 2 aliphatic rings. The Kier molecular flexibility index (Phi) is 5.27. The number of rotatable bonds is 5. The lowest BCUT2D eigenvalue weighted by Gasteiger charge is -2.37. The van der Waals surface area contributed by atoms with Gasteiger partial charge in [0.15, 0.2) is 0 Å². The zero-order valence-electron chi connectivity index (χ0n) is 18.0. The van der Waals surface area contributed by atoms with Crippen molar-refractivity contribution in [2.75, 3.05) is 20.2 Å². The first-order valence-corrected chi connectivity index (χ1v) is 10.9. The largest absolute Gasteiger partial charge is 0.496 e. The molecule has 1 aliphatic heterocycles. The average molecular weight is 441 g/mol. The van der Waals surface area contributed by atoms with Crippen LogP contribution in [0.1, 0.15) is 71.8 Å². The van der Waals surface area contributed by atoms with Gasteiger partial charge in [0, 0.05) is 24.6 Å². The Bertz CT molecular complexity index is 1160. The molecule has 5 rings (SSSR count). The molecular weight excluding hydrogens is 416 g/mol. The Labute approximate surface area is 184 Å². The zero-order chi connectivity index (χ0) is 22.4. The number of fused-ring (bicyclic) bond motifs is 1. The van der Waals surface area contributed by atoms with Gasteiger partial charge in [0.05, 0.1) is 12.8 Å². The maximum absolute atomic E-state index is 13.4. The van der Waals surface area contributed by atoms with E-state index in [9.17, 15) is 13.6 Å². The highest BCUT2D eigenvalue weighted by molar-refractivity contribution is 5.95. The summed E-state index contributed by atoms with van der Waals surface area (Å²) in [6.45, 7) is 3.09. The summed E-state index contributed by atoms with van der Waals surface area (Å²) < 4.78 is 33.9. The van der Waals surface area contributed by atoms with Gasteiger partial charge < -0.3 is 9.64 Å². The summed E-state index contributed by atoms with van der Waals surface area (Å²) in [6.07, 6.45) is 1.67. The van der Waals surface area contributed by atoms with Crippen LogP contribution in [0.5, 0.6) is 5.75 Å². The highest BCUT2D eigenvalue weighted by atomic mass is 19.3. The van der Waals surface area contributed by atoms with E-state index in [0.29, 0.717) is 30.3 Å². The number of hydrogen-bond donors (Lipinski definition) is 0. The molecule has 1 saturated heterocycles. The predicted molar refractivity (Wildman–Crippen MR) is 113 cm³/mol. The molecule has 1 amide bonds. The number of ether oxygens (including phenoxy) is 1. The fourth-order valence-corrected chi connectivity index (χ4v) is 4.63. The molecule has 2 atom stereocenters. The minimum absolute atomic E-state index is 0.0829. The molecule has 0 spiro atoms. The van der Waals surface area contributed by atoms with Gasteiger partial charge in [0.2, 0.25) is 0 Å². The maximum Gasteiger partial charge on any atom is 0.280 e. The molecule has 0 bridgehead atoms. The molecule has 2 aromatic heterocycles. The smallest absolute Gasteiger partial charge is 0.280 e. The third-order valence-electron chi connectivity index (χ3n) is 6.65. The number of carbonyl (C=O) groups is 1. The van der Waals surface area contributed by atoms with E-state index in [1.807, 2.05) is 18.2 Å². The van der Waals surface area contributed by atoms with Crippen molar-refractivity contribution in [3.8, 4) is 5.75 Å². The van der Waals surface area contributed by atoms with Crippen molar-refractivity contribution in [3.05, 3.63) is 53.1 Å². The predicted octanol–water partition coefficient (Wildman–Crippen LogP) is 4.21. The van der Waals surface area contributed by atoms with Gasteiger partial charge >= 0.3 is 0 Å². The van der Waals surface area contributed by atoms with Crippen molar-refractivity contribution in [2.45, 2.75) is 44.4 Å². The SMILES string of the molecule is COc1cc(C(=O)N2CC[C@H](C)[C@H](c3cc(C(F)F)nc4ncnn34)C2)ccc1C1CC1. The second-order valence-electron chi connectivity index (χ2n) is 8.73. The number of carbonyl (C=O) groups excluding carboxylic acids is 1. The van der Waals surface area contributed by atoms with Crippen LogP contribution in [0.25, 0.3) is 5.78 Å². The molecule has 1 saturated carbocycles. The number of halogens is 2. The highest BCUT2D eigenvalue weighted by Crippen LogP contribution is 2.44. The molecule has 168 valence electrons. The van der Waals surface area contributed by atoms with E-state index < -0.39 is 6.43 Å². The van der Waals surface area contributed by atoms with Gasteiger partial charge in [-0.05, 0) is 54.9 Å². The molecule has 0 unspecified atom stereocenters. The number of piperidine rings is 1. The van der Waals surface area contributed by atoms with Gasteiger partial charge in [-0.1, -0.05) is 13.0 Å². The molecule has 7 nitrogen and oxygen atoms in total. The fraction of sp³-hybridized carbons (Fsp3) is 0.478. The van der Waals surface area contributed by atoms with Crippen LogP contribution < -0.4 is 4.74 Å². The lowest BCUT2D eigenvalue weighted by molar-refractivity contribution is 0.0665. The highest BCUT2D eigenvalue weighted by Gasteiger charge is 2.34. The fourth-order valence-electron chi connectivity index (χ4n) is 4.63. The summed E-state index contributed by atoms with van der Waals surface area (Å²) in [5, 5.41) is 4.19. The molecule has 3 heterocycles. The number of benzene rings is 1. The molecule has 0 radical (unpaired) electrons. The van der Waals surface area contributed by atoms with Crippen LogP contribution in [0.3, 0.4) is 0 Å². The molecule has 2 fully saturated rings. The van der Waals surface area contributed by atoms with Crippen molar-refractivity contribution in [2.24, 2.45) is 5.92 Å².